The monoisotopic (exact) mass is 226 g/mol. The van der Waals surface area contributed by atoms with Gasteiger partial charge in [0.2, 0.25) is 0 Å². The van der Waals surface area contributed by atoms with Crippen molar-refractivity contribution in [2.45, 2.75) is 33.6 Å². The molecule has 1 heteroatoms. The topological polar surface area (TPSA) is 0 Å². The molecule has 0 radical (unpaired) electrons. The van der Waals surface area contributed by atoms with Gasteiger partial charge in [0.05, 0.1) is 0 Å². The third-order valence-electron chi connectivity index (χ3n) is 2.17. The maximum Gasteiger partial charge on any atom is 0.0207 e. The summed E-state index contributed by atoms with van der Waals surface area (Å²) in [6, 6.07) is 4.47. The summed E-state index contributed by atoms with van der Waals surface area (Å²) in [5, 5.41) is 0. The van der Waals surface area contributed by atoms with E-state index in [4.69, 9.17) is 0 Å². The van der Waals surface area contributed by atoms with Gasteiger partial charge in [-0.05, 0) is 42.5 Å². The second kappa shape index (κ2) is 3.61. The van der Waals surface area contributed by atoms with Crippen LogP contribution in [0.25, 0.3) is 0 Å². The van der Waals surface area contributed by atoms with Crippen molar-refractivity contribution in [2.75, 3.05) is 0 Å². The van der Waals surface area contributed by atoms with Gasteiger partial charge in [-0.3, -0.25) is 0 Å². The van der Waals surface area contributed by atoms with Crippen LogP contribution in [0.2, 0.25) is 0 Å². The van der Waals surface area contributed by atoms with Gasteiger partial charge in [0.1, 0.15) is 0 Å². The number of aryl methyl sites for hydroxylation is 2. The number of hydrogen-bond acceptors (Lipinski definition) is 0. The van der Waals surface area contributed by atoms with E-state index < -0.39 is 0 Å². The molecule has 1 aromatic rings. The first-order valence-electron chi connectivity index (χ1n) is 4.29. The number of rotatable bonds is 1. The van der Waals surface area contributed by atoms with E-state index in [0.29, 0.717) is 5.92 Å². The van der Waals surface area contributed by atoms with Crippen molar-refractivity contribution in [3.63, 3.8) is 0 Å². The Balaban J connectivity index is 3.23. The Hall–Kier alpha value is -0.300. The highest BCUT2D eigenvalue weighted by Crippen LogP contribution is 2.25. The van der Waals surface area contributed by atoms with E-state index in [0.717, 1.165) is 0 Å². The first kappa shape index (κ1) is 9.79. The molecule has 1 rings (SSSR count). The molecule has 0 saturated heterocycles. The fraction of sp³-hybridized carbons (Fsp3) is 0.455. The Bertz CT molecular complexity index is 287. The minimum Gasteiger partial charge on any atom is -0.0587 e. The van der Waals surface area contributed by atoms with Crippen LogP contribution < -0.4 is 0 Å². The Morgan fingerprint density at radius 1 is 1.08 bits per heavy atom. The molecule has 0 unspecified atom stereocenters. The predicted octanol–water partition coefficient (Wildman–Crippen LogP) is 4.19. The predicted molar refractivity (Wildman–Crippen MR) is 57.7 cm³/mol. The molecule has 0 N–H and O–H groups in total. The molecule has 0 aliphatic carbocycles. The van der Waals surface area contributed by atoms with E-state index in [1.807, 2.05) is 0 Å². The normalized spacial score (nSPS) is 10.8. The molecule has 0 heterocycles. The summed E-state index contributed by atoms with van der Waals surface area (Å²) in [7, 11) is 0. The van der Waals surface area contributed by atoms with E-state index in [2.05, 4.69) is 55.8 Å². The van der Waals surface area contributed by atoms with Crippen LogP contribution in [0.4, 0.5) is 0 Å². The molecule has 0 fully saturated rings. The molecular formula is C11H15Br. The Labute approximate surface area is 83.1 Å². The van der Waals surface area contributed by atoms with E-state index in [1.54, 1.807) is 0 Å². The molecule has 0 aromatic heterocycles. The van der Waals surface area contributed by atoms with Crippen molar-refractivity contribution in [3.05, 3.63) is 33.3 Å². The fourth-order valence-corrected chi connectivity index (χ4v) is 1.82. The first-order chi connectivity index (χ1) is 5.52. The summed E-state index contributed by atoms with van der Waals surface area (Å²) in [4.78, 5) is 0. The summed E-state index contributed by atoms with van der Waals surface area (Å²) in [6.45, 7) is 8.75. The molecular weight excluding hydrogens is 212 g/mol. The van der Waals surface area contributed by atoms with Gasteiger partial charge in [-0.15, -0.1) is 0 Å². The number of halogens is 1. The zero-order valence-electron chi connectivity index (χ0n) is 8.11. The molecule has 0 amide bonds. The van der Waals surface area contributed by atoms with Gasteiger partial charge in [-0.1, -0.05) is 35.8 Å². The van der Waals surface area contributed by atoms with Gasteiger partial charge in [-0.25, -0.2) is 0 Å². The summed E-state index contributed by atoms with van der Waals surface area (Å²) < 4.78 is 1.22. The van der Waals surface area contributed by atoms with Gasteiger partial charge < -0.3 is 0 Å². The minimum absolute atomic E-state index is 0.613. The second-order valence-electron chi connectivity index (χ2n) is 3.61. The largest absolute Gasteiger partial charge is 0.0587 e. The smallest absolute Gasteiger partial charge is 0.0207 e. The van der Waals surface area contributed by atoms with Crippen molar-refractivity contribution < 1.29 is 0 Å². The van der Waals surface area contributed by atoms with Crippen LogP contribution in [-0.4, -0.2) is 0 Å². The third kappa shape index (κ3) is 1.89. The number of benzene rings is 1. The van der Waals surface area contributed by atoms with E-state index in [9.17, 15) is 0 Å². The van der Waals surface area contributed by atoms with Crippen LogP contribution in [0.5, 0.6) is 0 Å². The Kier molecular flexibility index (Phi) is 2.94. The quantitative estimate of drug-likeness (QED) is 0.674. The molecule has 66 valence electrons. The Morgan fingerprint density at radius 2 is 1.67 bits per heavy atom. The van der Waals surface area contributed by atoms with E-state index in [1.165, 1.54) is 21.2 Å². The van der Waals surface area contributed by atoms with Crippen LogP contribution >= 0.6 is 15.9 Å². The molecule has 0 saturated carbocycles. The highest BCUT2D eigenvalue weighted by atomic mass is 79.9. The molecule has 0 aliphatic rings. The summed E-state index contributed by atoms with van der Waals surface area (Å²) >= 11 is 3.55. The lowest BCUT2D eigenvalue weighted by atomic mass is 9.97. The molecule has 0 nitrogen and oxygen atoms in total. The van der Waals surface area contributed by atoms with Gasteiger partial charge in [0.25, 0.3) is 0 Å². The van der Waals surface area contributed by atoms with Gasteiger partial charge >= 0.3 is 0 Å². The van der Waals surface area contributed by atoms with Crippen LogP contribution in [0.15, 0.2) is 16.6 Å². The van der Waals surface area contributed by atoms with Crippen LogP contribution in [0.3, 0.4) is 0 Å². The highest BCUT2D eigenvalue weighted by Gasteiger charge is 2.05. The summed E-state index contributed by atoms with van der Waals surface area (Å²) in [5.41, 5.74) is 4.15. The second-order valence-corrected chi connectivity index (χ2v) is 4.47. The lowest BCUT2D eigenvalue weighted by Crippen LogP contribution is -1.93. The fourth-order valence-electron chi connectivity index (χ4n) is 1.46. The molecule has 0 spiro atoms. The standard InChI is InChI=1S/C11H15Br/c1-7(2)10-6-11(12)9(4)5-8(10)3/h5-7H,1-4H3. The molecule has 0 aliphatic heterocycles. The van der Waals surface area contributed by atoms with Crippen LogP contribution in [0, 0.1) is 13.8 Å². The average molecular weight is 227 g/mol. The maximum absolute atomic E-state index is 3.55. The molecule has 0 atom stereocenters. The maximum atomic E-state index is 3.55. The third-order valence-corrected chi connectivity index (χ3v) is 3.02. The van der Waals surface area contributed by atoms with Crippen LogP contribution in [-0.2, 0) is 0 Å². The average Bonchev–Trinajstić information content (AvgIpc) is 1.96. The van der Waals surface area contributed by atoms with Crippen LogP contribution in [0.1, 0.15) is 36.5 Å². The molecule has 12 heavy (non-hydrogen) atoms. The van der Waals surface area contributed by atoms with Gasteiger partial charge in [-0.2, -0.15) is 0 Å². The van der Waals surface area contributed by atoms with Gasteiger partial charge in [0.15, 0.2) is 0 Å². The SMILES string of the molecule is Cc1cc(C)c(C(C)C)cc1Br. The van der Waals surface area contributed by atoms with Crippen molar-refractivity contribution in [1.82, 2.24) is 0 Å². The zero-order chi connectivity index (χ0) is 9.30. The van der Waals surface area contributed by atoms with Crippen molar-refractivity contribution in [2.24, 2.45) is 0 Å². The lowest BCUT2D eigenvalue weighted by Gasteiger charge is -2.11. The minimum atomic E-state index is 0.613. The summed E-state index contributed by atoms with van der Waals surface area (Å²) in [5.74, 6) is 0.613. The van der Waals surface area contributed by atoms with E-state index in [-0.39, 0.29) is 0 Å². The lowest BCUT2D eigenvalue weighted by molar-refractivity contribution is 0.854. The van der Waals surface area contributed by atoms with Crippen molar-refractivity contribution in [1.29, 1.82) is 0 Å². The zero-order valence-corrected chi connectivity index (χ0v) is 9.70. The van der Waals surface area contributed by atoms with Crippen molar-refractivity contribution in [3.8, 4) is 0 Å². The van der Waals surface area contributed by atoms with Crippen molar-refractivity contribution >= 4 is 15.9 Å². The summed E-state index contributed by atoms with van der Waals surface area (Å²) in [6.07, 6.45) is 0. The molecule has 0 bridgehead atoms. The highest BCUT2D eigenvalue weighted by molar-refractivity contribution is 9.10. The number of hydrogen-bond donors (Lipinski definition) is 0. The van der Waals surface area contributed by atoms with E-state index >= 15 is 0 Å². The Morgan fingerprint density at radius 3 is 2.17 bits per heavy atom. The molecule has 1 aromatic carbocycles. The van der Waals surface area contributed by atoms with Gasteiger partial charge in [0, 0.05) is 4.47 Å². The first-order valence-corrected chi connectivity index (χ1v) is 5.08.